The Morgan fingerprint density at radius 2 is 1.70 bits per heavy atom. The van der Waals surface area contributed by atoms with Gasteiger partial charge in [0.15, 0.2) is 11.0 Å². The van der Waals surface area contributed by atoms with E-state index in [0.29, 0.717) is 16.7 Å². The zero-order valence-corrected chi connectivity index (χ0v) is 19.7. The number of methoxy groups -OCH3 is 1. The number of rotatable bonds is 8. The van der Waals surface area contributed by atoms with Crippen LogP contribution in [0.4, 0.5) is 0 Å². The number of para-hydroxylation sites is 1. The zero-order valence-electron chi connectivity index (χ0n) is 18.9. The van der Waals surface area contributed by atoms with Crippen molar-refractivity contribution in [3.8, 4) is 22.8 Å². The first-order valence-corrected chi connectivity index (χ1v) is 11.7. The molecule has 0 spiro atoms. The smallest absolute Gasteiger partial charge is 0.230 e. The molecule has 0 aliphatic heterocycles. The fourth-order valence-electron chi connectivity index (χ4n) is 3.53. The third-order valence-corrected chi connectivity index (χ3v) is 6.21. The summed E-state index contributed by atoms with van der Waals surface area (Å²) >= 11 is 1.36. The van der Waals surface area contributed by atoms with Crippen molar-refractivity contribution in [2.24, 2.45) is 0 Å². The van der Waals surface area contributed by atoms with Gasteiger partial charge in [-0.1, -0.05) is 71.9 Å². The van der Waals surface area contributed by atoms with Gasteiger partial charge in [0.1, 0.15) is 5.75 Å². The van der Waals surface area contributed by atoms with Gasteiger partial charge in [-0.3, -0.25) is 9.36 Å². The van der Waals surface area contributed by atoms with Gasteiger partial charge in [0.2, 0.25) is 5.91 Å². The van der Waals surface area contributed by atoms with Crippen molar-refractivity contribution in [1.82, 2.24) is 20.1 Å². The minimum absolute atomic E-state index is 0.0614. The van der Waals surface area contributed by atoms with Gasteiger partial charge in [0.25, 0.3) is 0 Å². The van der Waals surface area contributed by atoms with Crippen LogP contribution in [-0.2, 0) is 4.79 Å². The molecule has 1 N–H and O–H groups in total. The molecule has 33 heavy (non-hydrogen) atoms. The second kappa shape index (κ2) is 10.4. The summed E-state index contributed by atoms with van der Waals surface area (Å²) in [7, 11) is 1.64. The van der Waals surface area contributed by atoms with Crippen LogP contribution in [0.5, 0.6) is 5.75 Å². The van der Waals surface area contributed by atoms with Gasteiger partial charge in [0, 0.05) is 5.69 Å². The molecule has 0 fully saturated rings. The molecule has 6 nitrogen and oxygen atoms in total. The summed E-state index contributed by atoms with van der Waals surface area (Å²) in [5.41, 5.74) is 3.99. The average Bonchev–Trinajstić information content (AvgIpc) is 3.27. The molecular weight excluding hydrogens is 432 g/mol. The molecule has 1 amide bonds. The van der Waals surface area contributed by atoms with Gasteiger partial charge < -0.3 is 10.1 Å². The van der Waals surface area contributed by atoms with E-state index in [1.807, 2.05) is 97.3 Å². The Kier molecular flexibility index (Phi) is 7.10. The molecule has 1 heterocycles. The van der Waals surface area contributed by atoms with Gasteiger partial charge >= 0.3 is 0 Å². The first-order chi connectivity index (χ1) is 16.1. The molecule has 3 aromatic carbocycles. The highest BCUT2D eigenvalue weighted by Gasteiger charge is 2.20. The Hall–Kier alpha value is -3.58. The lowest BCUT2D eigenvalue weighted by Crippen LogP contribution is -2.28. The van der Waals surface area contributed by atoms with Crippen LogP contribution in [0.1, 0.15) is 24.1 Å². The second-order valence-corrected chi connectivity index (χ2v) is 8.61. The molecule has 0 radical (unpaired) electrons. The van der Waals surface area contributed by atoms with Crippen molar-refractivity contribution in [2.75, 3.05) is 12.9 Å². The van der Waals surface area contributed by atoms with Crippen molar-refractivity contribution in [3.63, 3.8) is 0 Å². The van der Waals surface area contributed by atoms with Crippen LogP contribution >= 0.6 is 11.8 Å². The molecule has 0 bridgehead atoms. The lowest BCUT2D eigenvalue weighted by Gasteiger charge is -2.15. The lowest BCUT2D eigenvalue weighted by atomic mass is 10.1. The lowest BCUT2D eigenvalue weighted by molar-refractivity contribution is -0.119. The monoisotopic (exact) mass is 458 g/mol. The number of aryl methyl sites for hydroxylation is 1. The maximum atomic E-state index is 12.7. The van der Waals surface area contributed by atoms with E-state index in [1.54, 1.807) is 7.11 Å². The highest BCUT2D eigenvalue weighted by atomic mass is 32.2. The number of hydrogen-bond acceptors (Lipinski definition) is 5. The Balaban J connectivity index is 1.60. The summed E-state index contributed by atoms with van der Waals surface area (Å²) in [6, 6.07) is 25.7. The standard InChI is InChI=1S/C26H26N4O2S/c1-18-13-15-21(16-14-18)30-25(22-11-7-8-12-23(22)32-3)28-29-26(30)33-17-24(31)27-19(2)20-9-5-4-6-10-20/h4-16,19H,17H2,1-3H3,(H,27,31)/t19-/m0/s1. The molecule has 1 atom stereocenters. The van der Waals surface area contributed by atoms with E-state index >= 15 is 0 Å². The number of benzene rings is 3. The zero-order chi connectivity index (χ0) is 23.2. The molecule has 0 aliphatic carbocycles. The van der Waals surface area contributed by atoms with Crippen molar-refractivity contribution < 1.29 is 9.53 Å². The first-order valence-electron chi connectivity index (χ1n) is 10.7. The molecular formula is C26H26N4O2S. The summed E-state index contributed by atoms with van der Waals surface area (Å²) in [5.74, 6) is 1.54. The summed E-state index contributed by atoms with van der Waals surface area (Å²) in [6.07, 6.45) is 0. The van der Waals surface area contributed by atoms with Crippen LogP contribution in [-0.4, -0.2) is 33.5 Å². The van der Waals surface area contributed by atoms with Crippen LogP contribution in [0.2, 0.25) is 0 Å². The molecule has 1 aromatic heterocycles. The van der Waals surface area contributed by atoms with Gasteiger partial charge in [-0.15, -0.1) is 10.2 Å². The van der Waals surface area contributed by atoms with Crippen molar-refractivity contribution in [2.45, 2.75) is 25.0 Å². The Morgan fingerprint density at radius 3 is 2.42 bits per heavy atom. The molecule has 4 aromatic rings. The second-order valence-electron chi connectivity index (χ2n) is 7.67. The number of aromatic nitrogens is 3. The molecule has 4 rings (SSSR count). The quantitative estimate of drug-likeness (QED) is 0.367. The van der Waals surface area contributed by atoms with E-state index < -0.39 is 0 Å². The highest BCUT2D eigenvalue weighted by molar-refractivity contribution is 7.99. The number of nitrogens with one attached hydrogen (secondary N) is 1. The van der Waals surface area contributed by atoms with E-state index in [0.717, 1.165) is 22.4 Å². The largest absolute Gasteiger partial charge is 0.496 e. The number of amides is 1. The molecule has 0 saturated heterocycles. The summed E-state index contributed by atoms with van der Waals surface area (Å²) in [6.45, 7) is 4.03. The molecule has 7 heteroatoms. The topological polar surface area (TPSA) is 69.0 Å². The minimum atomic E-state index is -0.0709. The Bertz CT molecular complexity index is 1220. The van der Waals surface area contributed by atoms with E-state index in [2.05, 4.69) is 15.5 Å². The van der Waals surface area contributed by atoms with Crippen LogP contribution in [0.25, 0.3) is 17.1 Å². The first kappa shape index (κ1) is 22.6. The van der Waals surface area contributed by atoms with Crippen molar-refractivity contribution in [1.29, 1.82) is 0 Å². The summed E-state index contributed by atoms with van der Waals surface area (Å²) < 4.78 is 7.52. The molecule has 0 unspecified atom stereocenters. The number of hydrogen-bond donors (Lipinski definition) is 1. The highest BCUT2D eigenvalue weighted by Crippen LogP contribution is 2.33. The SMILES string of the molecule is COc1ccccc1-c1nnc(SCC(=O)N[C@@H](C)c2ccccc2)n1-c1ccc(C)cc1. The molecule has 0 saturated carbocycles. The summed E-state index contributed by atoms with van der Waals surface area (Å²) in [4.78, 5) is 12.7. The van der Waals surface area contributed by atoms with E-state index in [1.165, 1.54) is 11.8 Å². The van der Waals surface area contributed by atoms with E-state index in [4.69, 9.17) is 4.74 Å². The summed E-state index contributed by atoms with van der Waals surface area (Å²) in [5, 5.41) is 12.6. The number of thioether (sulfide) groups is 1. The van der Waals surface area contributed by atoms with Crippen molar-refractivity contribution >= 4 is 17.7 Å². The predicted octanol–water partition coefficient (Wildman–Crippen LogP) is 5.22. The van der Waals surface area contributed by atoms with Gasteiger partial charge in [0.05, 0.1) is 24.5 Å². The number of carbonyl (C=O) groups is 1. The van der Waals surface area contributed by atoms with E-state index in [9.17, 15) is 4.79 Å². The van der Waals surface area contributed by atoms with Gasteiger partial charge in [-0.05, 0) is 43.7 Å². The molecule has 0 aliphatic rings. The fourth-order valence-corrected chi connectivity index (χ4v) is 4.30. The maximum Gasteiger partial charge on any atom is 0.230 e. The van der Waals surface area contributed by atoms with Crippen LogP contribution in [0.3, 0.4) is 0 Å². The third kappa shape index (κ3) is 5.26. The van der Waals surface area contributed by atoms with Crippen LogP contribution < -0.4 is 10.1 Å². The third-order valence-electron chi connectivity index (χ3n) is 5.28. The Morgan fingerprint density at radius 1 is 1.00 bits per heavy atom. The average molecular weight is 459 g/mol. The number of ether oxygens (including phenoxy) is 1. The van der Waals surface area contributed by atoms with E-state index in [-0.39, 0.29) is 17.7 Å². The Labute approximate surface area is 198 Å². The molecule has 168 valence electrons. The van der Waals surface area contributed by atoms with Gasteiger partial charge in [-0.25, -0.2) is 0 Å². The fraction of sp³-hybridized carbons (Fsp3) is 0.192. The predicted molar refractivity (Wildman–Crippen MR) is 132 cm³/mol. The van der Waals surface area contributed by atoms with Crippen LogP contribution in [0.15, 0.2) is 84.0 Å². The van der Waals surface area contributed by atoms with Crippen LogP contribution in [0, 0.1) is 6.92 Å². The maximum absolute atomic E-state index is 12.7. The number of nitrogens with zero attached hydrogens (tertiary/aromatic N) is 3. The normalized spacial score (nSPS) is 11.7. The minimum Gasteiger partial charge on any atom is -0.496 e. The van der Waals surface area contributed by atoms with Gasteiger partial charge in [-0.2, -0.15) is 0 Å². The van der Waals surface area contributed by atoms with Crippen molar-refractivity contribution in [3.05, 3.63) is 90.0 Å². The number of carbonyl (C=O) groups excluding carboxylic acids is 1.